The van der Waals surface area contributed by atoms with E-state index in [-0.39, 0.29) is 10.6 Å². The van der Waals surface area contributed by atoms with E-state index >= 15 is 0 Å². The molecular formula is C15H22ClN3O. The minimum absolute atomic E-state index is 0.209. The molecule has 0 saturated heterocycles. The third-order valence-electron chi connectivity index (χ3n) is 5.10. The molecule has 5 heteroatoms. The Labute approximate surface area is 124 Å². The molecule has 2 bridgehead atoms. The lowest BCUT2D eigenvalue weighted by Crippen LogP contribution is -2.31. The van der Waals surface area contributed by atoms with Crippen LogP contribution in [0.2, 0.25) is 5.02 Å². The van der Waals surface area contributed by atoms with Crippen LogP contribution >= 0.6 is 11.6 Å². The topological polar surface area (TPSA) is 46.9 Å². The average molecular weight is 296 g/mol. The summed E-state index contributed by atoms with van der Waals surface area (Å²) in [7, 11) is 0. The smallest absolute Gasteiger partial charge is 0.287 e. The lowest BCUT2D eigenvalue weighted by atomic mass is 9.84. The molecule has 0 aromatic carbocycles. The van der Waals surface area contributed by atoms with Gasteiger partial charge in [-0.05, 0) is 50.9 Å². The maximum absolute atomic E-state index is 12.0. The lowest BCUT2D eigenvalue weighted by molar-refractivity contribution is 0.304. The number of hydrogen-bond donors (Lipinski definition) is 1. The number of halogens is 1. The van der Waals surface area contributed by atoms with E-state index in [0.717, 1.165) is 11.8 Å². The summed E-state index contributed by atoms with van der Waals surface area (Å²) >= 11 is 6.17. The lowest BCUT2D eigenvalue weighted by Gasteiger charge is -2.29. The Balaban J connectivity index is 1.75. The maximum atomic E-state index is 12.0. The predicted octanol–water partition coefficient (Wildman–Crippen LogP) is 3.15. The largest absolute Gasteiger partial charge is 0.380 e. The van der Waals surface area contributed by atoms with Crippen molar-refractivity contribution in [2.24, 2.45) is 17.8 Å². The summed E-state index contributed by atoms with van der Waals surface area (Å²) in [5.41, 5.74) is 0.468. The number of aromatic nitrogens is 2. The molecular weight excluding hydrogens is 274 g/mol. The van der Waals surface area contributed by atoms with Gasteiger partial charge >= 0.3 is 0 Å². The molecule has 4 nitrogen and oxygen atoms in total. The van der Waals surface area contributed by atoms with E-state index in [4.69, 9.17) is 11.6 Å². The summed E-state index contributed by atoms with van der Waals surface area (Å²) in [5, 5.41) is 7.82. The minimum atomic E-state index is -0.209. The van der Waals surface area contributed by atoms with E-state index < -0.39 is 0 Å². The average Bonchev–Trinajstić information content (AvgIpc) is 3.06. The third kappa shape index (κ3) is 2.34. The molecule has 3 rings (SSSR count). The van der Waals surface area contributed by atoms with Crippen LogP contribution in [-0.2, 0) is 6.54 Å². The SMILES string of the molecule is CCn1ncc(NC(C)C2CC3CCC2C3)c(Cl)c1=O. The van der Waals surface area contributed by atoms with Gasteiger partial charge in [-0.2, -0.15) is 5.10 Å². The second-order valence-electron chi connectivity index (χ2n) is 6.26. The second kappa shape index (κ2) is 5.40. The van der Waals surface area contributed by atoms with Crippen LogP contribution in [0.25, 0.3) is 0 Å². The Morgan fingerprint density at radius 2 is 2.30 bits per heavy atom. The van der Waals surface area contributed by atoms with Crippen LogP contribution in [0.5, 0.6) is 0 Å². The number of rotatable bonds is 4. The highest BCUT2D eigenvalue weighted by Gasteiger charge is 2.41. The van der Waals surface area contributed by atoms with Crippen molar-refractivity contribution in [3.8, 4) is 0 Å². The molecule has 110 valence electrons. The molecule has 0 spiro atoms. The van der Waals surface area contributed by atoms with Crippen LogP contribution in [-0.4, -0.2) is 15.8 Å². The molecule has 2 aliphatic carbocycles. The molecule has 1 aromatic rings. The van der Waals surface area contributed by atoms with E-state index in [0.29, 0.717) is 24.2 Å². The van der Waals surface area contributed by atoms with Gasteiger partial charge in [-0.15, -0.1) is 0 Å². The Kier molecular flexibility index (Phi) is 3.76. The van der Waals surface area contributed by atoms with Crippen molar-refractivity contribution in [1.29, 1.82) is 0 Å². The van der Waals surface area contributed by atoms with E-state index in [1.54, 1.807) is 6.20 Å². The third-order valence-corrected chi connectivity index (χ3v) is 5.47. The molecule has 2 fully saturated rings. The highest BCUT2D eigenvalue weighted by atomic mass is 35.5. The number of hydrogen-bond acceptors (Lipinski definition) is 3. The summed E-state index contributed by atoms with van der Waals surface area (Å²) in [6.45, 7) is 4.63. The van der Waals surface area contributed by atoms with Crippen molar-refractivity contribution >= 4 is 17.3 Å². The number of anilines is 1. The minimum Gasteiger partial charge on any atom is -0.380 e. The van der Waals surface area contributed by atoms with Crippen molar-refractivity contribution in [2.75, 3.05) is 5.32 Å². The van der Waals surface area contributed by atoms with Crippen molar-refractivity contribution < 1.29 is 0 Å². The molecule has 0 amide bonds. The van der Waals surface area contributed by atoms with Crippen molar-refractivity contribution in [3.63, 3.8) is 0 Å². The van der Waals surface area contributed by atoms with Gasteiger partial charge in [0.1, 0.15) is 5.02 Å². The van der Waals surface area contributed by atoms with Gasteiger partial charge in [-0.3, -0.25) is 4.79 Å². The van der Waals surface area contributed by atoms with Gasteiger partial charge < -0.3 is 5.32 Å². The summed E-state index contributed by atoms with van der Waals surface area (Å²) in [6, 6.07) is 0.349. The zero-order valence-corrected chi connectivity index (χ0v) is 12.9. The number of aryl methyl sites for hydroxylation is 1. The van der Waals surface area contributed by atoms with Crippen LogP contribution in [0.15, 0.2) is 11.0 Å². The highest BCUT2D eigenvalue weighted by Crippen LogP contribution is 2.49. The fourth-order valence-corrected chi connectivity index (χ4v) is 4.25. The molecule has 4 atom stereocenters. The van der Waals surface area contributed by atoms with Crippen LogP contribution < -0.4 is 10.9 Å². The summed E-state index contributed by atoms with van der Waals surface area (Å²) in [5.74, 6) is 2.49. The van der Waals surface area contributed by atoms with Crippen LogP contribution in [0.1, 0.15) is 39.5 Å². The molecule has 0 radical (unpaired) electrons. The van der Waals surface area contributed by atoms with Crippen molar-refractivity contribution in [2.45, 2.75) is 52.1 Å². The molecule has 1 aromatic heterocycles. The number of nitrogens with zero attached hydrogens (tertiary/aromatic N) is 2. The molecule has 1 N–H and O–H groups in total. The van der Waals surface area contributed by atoms with E-state index in [2.05, 4.69) is 17.3 Å². The highest BCUT2D eigenvalue weighted by molar-refractivity contribution is 6.32. The molecule has 2 saturated carbocycles. The first-order valence-corrected chi connectivity index (χ1v) is 8.00. The summed E-state index contributed by atoms with van der Waals surface area (Å²) < 4.78 is 1.38. The predicted molar refractivity (Wildman–Crippen MR) is 81.2 cm³/mol. The van der Waals surface area contributed by atoms with Crippen LogP contribution in [0.3, 0.4) is 0 Å². The monoisotopic (exact) mass is 295 g/mol. The van der Waals surface area contributed by atoms with Crippen LogP contribution in [0, 0.1) is 17.8 Å². The van der Waals surface area contributed by atoms with Gasteiger partial charge in [-0.25, -0.2) is 4.68 Å². The Hall–Kier alpha value is -1.03. The Morgan fingerprint density at radius 1 is 1.50 bits per heavy atom. The molecule has 0 aliphatic heterocycles. The zero-order valence-electron chi connectivity index (χ0n) is 12.1. The fraction of sp³-hybridized carbons (Fsp3) is 0.733. The molecule has 2 aliphatic rings. The Morgan fingerprint density at radius 3 is 2.90 bits per heavy atom. The quantitative estimate of drug-likeness (QED) is 0.928. The van der Waals surface area contributed by atoms with Gasteiger partial charge in [0.05, 0.1) is 11.9 Å². The van der Waals surface area contributed by atoms with Crippen LogP contribution in [0.4, 0.5) is 5.69 Å². The van der Waals surface area contributed by atoms with Crippen molar-refractivity contribution in [3.05, 3.63) is 21.6 Å². The fourth-order valence-electron chi connectivity index (χ4n) is 4.05. The van der Waals surface area contributed by atoms with E-state index in [9.17, 15) is 4.79 Å². The van der Waals surface area contributed by atoms with E-state index in [1.807, 2.05) is 6.92 Å². The second-order valence-corrected chi connectivity index (χ2v) is 6.64. The van der Waals surface area contributed by atoms with Gasteiger partial charge in [0.15, 0.2) is 0 Å². The first-order chi connectivity index (χ1) is 9.60. The number of nitrogens with one attached hydrogen (secondary N) is 1. The summed E-state index contributed by atoms with van der Waals surface area (Å²) in [6.07, 6.45) is 7.15. The first kappa shape index (κ1) is 13.9. The molecule has 20 heavy (non-hydrogen) atoms. The van der Waals surface area contributed by atoms with E-state index in [1.165, 1.54) is 30.4 Å². The van der Waals surface area contributed by atoms with Crippen molar-refractivity contribution in [1.82, 2.24) is 9.78 Å². The molecule has 1 heterocycles. The van der Waals surface area contributed by atoms with Gasteiger partial charge in [0, 0.05) is 12.6 Å². The molecule has 4 unspecified atom stereocenters. The maximum Gasteiger partial charge on any atom is 0.287 e. The number of fused-ring (bicyclic) bond motifs is 2. The van der Waals surface area contributed by atoms with Gasteiger partial charge in [0.25, 0.3) is 5.56 Å². The van der Waals surface area contributed by atoms with Gasteiger partial charge in [0.2, 0.25) is 0 Å². The summed E-state index contributed by atoms with van der Waals surface area (Å²) in [4.78, 5) is 12.0. The first-order valence-electron chi connectivity index (χ1n) is 7.62. The normalized spacial score (nSPS) is 29.6. The Bertz CT molecular complexity index is 557. The zero-order chi connectivity index (χ0) is 14.3. The van der Waals surface area contributed by atoms with Gasteiger partial charge in [-0.1, -0.05) is 18.0 Å². The standard InChI is InChI=1S/C15H22ClN3O/c1-3-19-15(20)14(16)13(8-17-19)18-9(2)12-7-10-4-5-11(12)6-10/h8-12,18H,3-7H2,1-2H3.